The third kappa shape index (κ3) is 3.15. The minimum Gasteiger partial charge on any atom is -0.496 e. The second kappa shape index (κ2) is 6.33. The molecule has 0 amide bonds. The van der Waals surface area contributed by atoms with Crippen LogP contribution in [0.5, 0.6) is 11.5 Å². The van der Waals surface area contributed by atoms with Crippen LogP contribution in [0.2, 0.25) is 0 Å². The van der Waals surface area contributed by atoms with Gasteiger partial charge in [-0.05, 0) is 25.0 Å². The van der Waals surface area contributed by atoms with Gasteiger partial charge in [0, 0.05) is 5.56 Å². The SMILES string of the molecule is CCCCCc1c(OC)cccc1OC. The number of hydrogen-bond acceptors (Lipinski definition) is 2. The molecular formula is C13H20O2. The zero-order chi connectivity index (χ0) is 11.1. The lowest BCUT2D eigenvalue weighted by Gasteiger charge is -2.12. The summed E-state index contributed by atoms with van der Waals surface area (Å²) < 4.78 is 10.7. The lowest BCUT2D eigenvalue weighted by atomic mass is 10.1. The first-order chi connectivity index (χ1) is 7.33. The fourth-order valence-electron chi connectivity index (χ4n) is 1.73. The van der Waals surface area contributed by atoms with Gasteiger partial charge in [0.05, 0.1) is 14.2 Å². The van der Waals surface area contributed by atoms with Gasteiger partial charge in [-0.1, -0.05) is 25.8 Å². The molecule has 0 aliphatic rings. The molecule has 0 atom stereocenters. The Morgan fingerprint density at radius 1 is 1.00 bits per heavy atom. The molecule has 0 bridgehead atoms. The lowest BCUT2D eigenvalue weighted by molar-refractivity contribution is 0.384. The molecule has 0 aromatic heterocycles. The summed E-state index contributed by atoms with van der Waals surface area (Å²) in [4.78, 5) is 0. The van der Waals surface area contributed by atoms with E-state index >= 15 is 0 Å². The Labute approximate surface area is 92.2 Å². The van der Waals surface area contributed by atoms with Gasteiger partial charge in [0.15, 0.2) is 0 Å². The monoisotopic (exact) mass is 208 g/mol. The Balaban J connectivity index is 2.80. The molecule has 0 spiro atoms. The Kier molecular flexibility index (Phi) is 5.02. The van der Waals surface area contributed by atoms with Crippen LogP contribution in [0.4, 0.5) is 0 Å². The van der Waals surface area contributed by atoms with Crippen LogP contribution in [0.25, 0.3) is 0 Å². The summed E-state index contributed by atoms with van der Waals surface area (Å²) in [5.74, 6) is 1.87. The van der Waals surface area contributed by atoms with Crippen LogP contribution >= 0.6 is 0 Å². The van der Waals surface area contributed by atoms with Gasteiger partial charge in [-0.15, -0.1) is 0 Å². The van der Waals surface area contributed by atoms with E-state index in [1.807, 2.05) is 18.2 Å². The van der Waals surface area contributed by atoms with Gasteiger partial charge < -0.3 is 9.47 Å². The average molecular weight is 208 g/mol. The number of ether oxygens (including phenoxy) is 2. The van der Waals surface area contributed by atoms with Crippen LogP contribution in [0.1, 0.15) is 31.7 Å². The Bertz CT molecular complexity index is 272. The van der Waals surface area contributed by atoms with Gasteiger partial charge >= 0.3 is 0 Å². The largest absolute Gasteiger partial charge is 0.496 e. The molecule has 2 heteroatoms. The summed E-state index contributed by atoms with van der Waals surface area (Å²) >= 11 is 0. The quantitative estimate of drug-likeness (QED) is 0.667. The molecule has 0 N–H and O–H groups in total. The number of benzene rings is 1. The van der Waals surface area contributed by atoms with E-state index < -0.39 is 0 Å². The van der Waals surface area contributed by atoms with E-state index in [9.17, 15) is 0 Å². The van der Waals surface area contributed by atoms with Gasteiger partial charge in [0.25, 0.3) is 0 Å². The molecular weight excluding hydrogens is 188 g/mol. The normalized spacial score (nSPS) is 10.1. The van der Waals surface area contributed by atoms with Crippen molar-refractivity contribution in [1.29, 1.82) is 0 Å². The van der Waals surface area contributed by atoms with Gasteiger partial charge in [0.2, 0.25) is 0 Å². The molecule has 0 saturated heterocycles. The van der Waals surface area contributed by atoms with E-state index in [4.69, 9.17) is 9.47 Å². The summed E-state index contributed by atoms with van der Waals surface area (Å²) in [5, 5.41) is 0. The van der Waals surface area contributed by atoms with Gasteiger partial charge in [-0.2, -0.15) is 0 Å². The van der Waals surface area contributed by atoms with E-state index in [0.717, 1.165) is 17.9 Å². The standard InChI is InChI=1S/C13H20O2/c1-4-5-6-8-11-12(14-2)9-7-10-13(11)15-3/h7,9-10H,4-6,8H2,1-3H3. The van der Waals surface area contributed by atoms with Gasteiger partial charge in [-0.25, -0.2) is 0 Å². The van der Waals surface area contributed by atoms with Crippen molar-refractivity contribution in [2.45, 2.75) is 32.6 Å². The Morgan fingerprint density at radius 3 is 2.07 bits per heavy atom. The molecule has 0 heterocycles. The smallest absolute Gasteiger partial charge is 0.125 e. The zero-order valence-electron chi connectivity index (χ0n) is 9.88. The summed E-state index contributed by atoms with van der Waals surface area (Å²) in [6.45, 7) is 2.21. The second-order valence-electron chi connectivity index (χ2n) is 3.60. The molecule has 2 nitrogen and oxygen atoms in total. The predicted molar refractivity (Wildman–Crippen MR) is 62.8 cm³/mol. The first-order valence-electron chi connectivity index (χ1n) is 5.53. The maximum atomic E-state index is 5.34. The number of hydrogen-bond donors (Lipinski definition) is 0. The zero-order valence-corrected chi connectivity index (χ0v) is 9.88. The van der Waals surface area contributed by atoms with Crippen LogP contribution < -0.4 is 9.47 Å². The summed E-state index contributed by atoms with van der Waals surface area (Å²) in [5.41, 5.74) is 1.19. The molecule has 0 unspecified atom stereocenters. The topological polar surface area (TPSA) is 18.5 Å². The number of methoxy groups -OCH3 is 2. The van der Waals surface area contributed by atoms with Crippen molar-refractivity contribution in [3.63, 3.8) is 0 Å². The maximum Gasteiger partial charge on any atom is 0.125 e. The van der Waals surface area contributed by atoms with E-state index in [2.05, 4.69) is 6.92 Å². The molecule has 0 aliphatic heterocycles. The van der Waals surface area contributed by atoms with Crippen molar-refractivity contribution in [3.8, 4) is 11.5 Å². The molecule has 0 fully saturated rings. The highest BCUT2D eigenvalue weighted by Crippen LogP contribution is 2.29. The lowest BCUT2D eigenvalue weighted by Crippen LogP contribution is -1.96. The van der Waals surface area contributed by atoms with Crippen molar-refractivity contribution in [2.75, 3.05) is 14.2 Å². The molecule has 15 heavy (non-hydrogen) atoms. The minimum absolute atomic E-state index is 0.936. The molecule has 0 radical (unpaired) electrons. The summed E-state index contributed by atoms with van der Waals surface area (Å²) in [6, 6.07) is 5.94. The highest BCUT2D eigenvalue weighted by molar-refractivity contribution is 5.44. The molecule has 0 aliphatic carbocycles. The van der Waals surface area contributed by atoms with Crippen molar-refractivity contribution in [2.24, 2.45) is 0 Å². The first-order valence-corrected chi connectivity index (χ1v) is 5.53. The third-order valence-corrected chi connectivity index (χ3v) is 2.56. The van der Waals surface area contributed by atoms with E-state index in [1.54, 1.807) is 14.2 Å². The molecule has 84 valence electrons. The summed E-state index contributed by atoms with van der Waals surface area (Å²) in [7, 11) is 3.41. The van der Waals surface area contributed by atoms with Crippen molar-refractivity contribution < 1.29 is 9.47 Å². The third-order valence-electron chi connectivity index (χ3n) is 2.56. The van der Waals surface area contributed by atoms with E-state index in [-0.39, 0.29) is 0 Å². The first kappa shape index (κ1) is 11.9. The maximum absolute atomic E-state index is 5.34. The molecule has 0 saturated carbocycles. The van der Waals surface area contributed by atoms with Crippen LogP contribution in [-0.2, 0) is 6.42 Å². The van der Waals surface area contributed by atoms with Crippen molar-refractivity contribution in [3.05, 3.63) is 23.8 Å². The van der Waals surface area contributed by atoms with Crippen molar-refractivity contribution in [1.82, 2.24) is 0 Å². The molecule has 1 aromatic rings. The van der Waals surface area contributed by atoms with Gasteiger partial charge in [-0.3, -0.25) is 0 Å². The van der Waals surface area contributed by atoms with Crippen LogP contribution in [0.15, 0.2) is 18.2 Å². The number of rotatable bonds is 6. The highest BCUT2D eigenvalue weighted by atomic mass is 16.5. The van der Waals surface area contributed by atoms with Crippen LogP contribution in [0.3, 0.4) is 0 Å². The fraction of sp³-hybridized carbons (Fsp3) is 0.538. The molecule has 1 rings (SSSR count). The van der Waals surface area contributed by atoms with Crippen molar-refractivity contribution >= 4 is 0 Å². The second-order valence-corrected chi connectivity index (χ2v) is 3.60. The Morgan fingerprint density at radius 2 is 1.60 bits per heavy atom. The minimum atomic E-state index is 0.936. The average Bonchev–Trinajstić information content (AvgIpc) is 2.29. The fourth-order valence-corrected chi connectivity index (χ4v) is 1.73. The van der Waals surface area contributed by atoms with E-state index in [1.165, 1.54) is 24.8 Å². The van der Waals surface area contributed by atoms with E-state index in [0.29, 0.717) is 0 Å². The number of unbranched alkanes of at least 4 members (excludes halogenated alkanes) is 2. The van der Waals surface area contributed by atoms with Gasteiger partial charge in [0.1, 0.15) is 11.5 Å². The highest BCUT2D eigenvalue weighted by Gasteiger charge is 2.08. The van der Waals surface area contributed by atoms with Crippen LogP contribution in [-0.4, -0.2) is 14.2 Å². The molecule has 1 aromatic carbocycles. The predicted octanol–water partition coefficient (Wildman–Crippen LogP) is 3.44. The van der Waals surface area contributed by atoms with Crippen LogP contribution in [0, 0.1) is 0 Å². The Hall–Kier alpha value is -1.18. The summed E-state index contributed by atoms with van der Waals surface area (Å²) in [6.07, 6.45) is 4.70.